The van der Waals surface area contributed by atoms with Crippen LogP contribution >= 0.6 is 0 Å². The molecule has 4 rings (SSSR count). The molecule has 0 aliphatic carbocycles. The van der Waals surface area contributed by atoms with Crippen molar-refractivity contribution in [1.29, 1.82) is 0 Å². The van der Waals surface area contributed by atoms with E-state index in [1.165, 1.54) is 17.0 Å². The Balaban J connectivity index is 1.68. The lowest BCUT2D eigenvalue weighted by Crippen LogP contribution is -2.40. The van der Waals surface area contributed by atoms with Crippen molar-refractivity contribution in [2.45, 2.75) is 24.7 Å². The Morgan fingerprint density at radius 3 is 2.67 bits per heavy atom. The summed E-state index contributed by atoms with van der Waals surface area (Å²) in [5.41, 5.74) is 0.612. The average molecular weight is 416 g/mol. The molecule has 2 aliphatic heterocycles. The number of hydrogen-bond acceptors (Lipinski definition) is 3. The minimum atomic E-state index is -4.46. The quantitative estimate of drug-likeness (QED) is 0.764. The number of carbonyl (C=O) groups excluding carboxylic acids is 2. The van der Waals surface area contributed by atoms with Gasteiger partial charge in [-0.25, -0.2) is 0 Å². The topological polar surface area (TPSA) is 58.6 Å². The third kappa shape index (κ3) is 3.70. The first-order valence-corrected chi connectivity index (χ1v) is 9.44. The summed E-state index contributed by atoms with van der Waals surface area (Å²) in [6, 6.07) is 8.92. The second-order valence-electron chi connectivity index (χ2n) is 7.28. The molecule has 0 aromatic heterocycles. The highest BCUT2D eigenvalue weighted by molar-refractivity contribution is 6.10. The molecule has 156 valence electrons. The zero-order valence-corrected chi connectivity index (χ0v) is 15.9. The molecule has 0 unspecified atom stereocenters. The van der Waals surface area contributed by atoms with Crippen LogP contribution in [0.5, 0.6) is 0 Å². The maximum Gasteiger partial charge on any atom is 0.416 e. The molecule has 2 heterocycles. The van der Waals surface area contributed by atoms with Crippen LogP contribution in [0.25, 0.3) is 11.1 Å². The van der Waals surface area contributed by atoms with Gasteiger partial charge in [0, 0.05) is 13.0 Å². The van der Waals surface area contributed by atoms with Crippen molar-refractivity contribution >= 4 is 17.5 Å². The van der Waals surface area contributed by atoms with E-state index < -0.39 is 17.8 Å². The van der Waals surface area contributed by atoms with Crippen molar-refractivity contribution in [2.24, 2.45) is 0 Å². The van der Waals surface area contributed by atoms with E-state index in [4.69, 9.17) is 4.74 Å². The maximum atomic E-state index is 13.2. The van der Waals surface area contributed by atoms with Gasteiger partial charge in [0.2, 0.25) is 5.91 Å². The van der Waals surface area contributed by atoms with Crippen LogP contribution in [0, 0.1) is 0 Å². The predicted molar refractivity (Wildman–Crippen MR) is 105 cm³/mol. The van der Waals surface area contributed by atoms with E-state index in [1.54, 1.807) is 24.3 Å². The normalized spacial score (nSPS) is 21.0. The van der Waals surface area contributed by atoms with E-state index in [2.05, 4.69) is 11.9 Å². The molecule has 2 aromatic carbocycles. The minimum absolute atomic E-state index is 0.241. The van der Waals surface area contributed by atoms with Gasteiger partial charge in [0.1, 0.15) is 6.04 Å². The third-order valence-electron chi connectivity index (χ3n) is 5.31. The Hall–Kier alpha value is -3.13. The maximum absolute atomic E-state index is 13.2. The lowest BCUT2D eigenvalue weighted by Gasteiger charge is -2.20. The van der Waals surface area contributed by atoms with Crippen molar-refractivity contribution in [1.82, 2.24) is 4.90 Å². The first-order chi connectivity index (χ1) is 14.3. The number of fused-ring (bicyclic) bond motifs is 2. The largest absolute Gasteiger partial charge is 0.416 e. The minimum Gasteiger partial charge on any atom is -0.372 e. The molecule has 8 heteroatoms. The molecule has 0 radical (unpaired) electrons. The summed E-state index contributed by atoms with van der Waals surface area (Å²) >= 11 is 0. The fourth-order valence-corrected chi connectivity index (χ4v) is 3.85. The molecule has 1 saturated heterocycles. The van der Waals surface area contributed by atoms with Crippen LogP contribution in [0.15, 0.2) is 55.1 Å². The molecule has 2 amide bonds. The zero-order valence-electron chi connectivity index (χ0n) is 15.9. The van der Waals surface area contributed by atoms with Crippen molar-refractivity contribution in [3.8, 4) is 11.1 Å². The van der Waals surface area contributed by atoms with Gasteiger partial charge in [0.15, 0.2) is 0 Å². The fourth-order valence-electron chi connectivity index (χ4n) is 3.85. The summed E-state index contributed by atoms with van der Waals surface area (Å²) in [6.07, 6.45) is -2.77. The van der Waals surface area contributed by atoms with Crippen LogP contribution in [-0.4, -0.2) is 42.0 Å². The smallest absolute Gasteiger partial charge is 0.372 e. The van der Waals surface area contributed by atoms with Gasteiger partial charge in [-0.15, -0.1) is 6.58 Å². The van der Waals surface area contributed by atoms with Gasteiger partial charge >= 0.3 is 6.18 Å². The number of halogens is 3. The summed E-state index contributed by atoms with van der Waals surface area (Å²) in [4.78, 5) is 27.3. The number of anilines is 1. The predicted octanol–water partition coefficient (Wildman–Crippen LogP) is 4.11. The lowest BCUT2D eigenvalue weighted by molar-refractivity contribution is -0.137. The Kier molecular flexibility index (Phi) is 5.11. The molecule has 5 nitrogen and oxygen atoms in total. The Bertz CT molecular complexity index is 1020. The molecule has 2 aromatic rings. The zero-order chi connectivity index (χ0) is 21.5. The van der Waals surface area contributed by atoms with Crippen molar-refractivity contribution in [2.75, 3.05) is 18.5 Å². The Morgan fingerprint density at radius 2 is 1.93 bits per heavy atom. The van der Waals surface area contributed by atoms with Crippen molar-refractivity contribution in [3.05, 3.63) is 66.2 Å². The summed E-state index contributed by atoms with van der Waals surface area (Å²) in [5.74, 6) is -0.662. The molecule has 1 N–H and O–H groups in total. The summed E-state index contributed by atoms with van der Waals surface area (Å²) in [6.45, 7) is 4.17. The molecule has 0 spiro atoms. The molecule has 1 fully saturated rings. The highest BCUT2D eigenvalue weighted by Gasteiger charge is 2.43. The van der Waals surface area contributed by atoms with Gasteiger partial charge in [-0.3, -0.25) is 9.59 Å². The van der Waals surface area contributed by atoms with Crippen molar-refractivity contribution in [3.63, 3.8) is 0 Å². The third-order valence-corrected chi connectivity index (χ3v) is 5.31. The van der Waals surface area contributed by atoms with Crippen LogP contribution in [-0.2, 0) is 15.7 Å². The Morgan fingerprint density at radius 1 is 1.17 bits per heavy atom. The number of alkyl halides is 3. The highest BCUT2D eigenvalue weighted by Crippen LogP contribution is 2.35. The van der Waals surface area contributed by atoms with E-state index >= 15 is 0 Å². The Labute approximate surface area is 171 Å². The number of nitrogens with one attached hydrogen (secondary N) is 1. The number of rotatable bonds is 4. The van der Waals surface area contributed by atoms with Gasteiger partial charge in [-0.1, -0.05) is 24.3 Å². The van der Waals surface area contributed by atoms with Gasteiger partial charge in [-0.05, 0) is 35.4 Å². The molecule has 30 heavy (non-hydrogen) atoms. The number of benzene rings is 2. The van der Waals surface area contributed by atoms with E-state index in [9.17, 15) is 22.8 Å². The highest BCUT2D eigenvalue weighted by atomic mass is 19.4. The lowest BCUT2D eigenvalue weighted by atomic mass is 9.99. The summed E-state index contributed by atoms with van der Waals surface area (Å²) in [7, 11) is 0. The van der Waals surface area contributed by atoms with E-state index in [0.29, 0.717) is 29.8 Å². The SMILES string of the molecule is C=CCO[C@@H]1C[C@H]2C(=O)Nc3ccc(-c4cccc(C(F)(F)F)c4)cc3C(=O)N2C1. The number of amides is 2. The molecule has 0 bridgehead atoms. The number of ether oxygens (including phenoxy) is 1. The van der Waals surface area contributed by atoms with Gasteiger partial charge in [-0.2, -0.15) is 13.2 Å². The molecule has 0 saturated carbocycles. The fraction of sp³-hybridized carbons (Fsp3) is 0.273. The van der Waals surface area contributed by atoms with Crippen LogP contribution in [0.3, 0.4) is 0 Å². The second-order valence-corrected chi connectivity index (χ2v) is 7.28. The molecular formula is C22H19F3N2O3. The standard InChI is InChI=1S/C22H19F3N2O3/c1-2-8-30-16-11-19-20(28)26-18-7-6-14(10-17(18)21(29)27(19)12-16)13-4-3-5-15(9-13)22(23,24)25/h2-7,9-10,16,19H,1,8,11-12H2,(H,26,28)/t16-,19+/m1/s1. The van der Waals surface area contributed by atoms with Crippen LogP contribution in [0.2, 0.25) is 0 Å². The first kappa shape index (κ1) is 20.2. The van der Waals surface area contributed by atoms with Crippen LogP contribution in [0.1, 0.15) is 22.3 Å². The van der Waals surface area contributed by atoms with Gasteiger partial charge in [0.05, 0.1) is 29.5 Å². The average Bonchev–Trinajstić information content (AvgIpc) is 3.12. The number of nitrogens with zero attached hydrogens (tertiary/aromatic N) is 1. The second kappa shape index (κ2) is 7.60. The monoisotopic (exact) mass is 416 g/mol. The van der Waals surface area contributed by atoms with Crippen LogP contribution < -0.4 is 5.32 Å². The van der Waals surface area contributed by atoms with Gasteiger partial charge < -0.3 is 15.0 Å². The molecule has 2 aliphatic rings. The summed E-state index contributed by atoms with van der Waals surface area (Å²) < 4.78 is 44.8. The van der Waals surface area contributed by atoms with E-state index in [0.717, 1.165) is 12.1 Å². The van der Waals surface area contributed by atoms with E-state index in [1.807, 2.05) is 0 Å². The number of carbonyl (C=O) groups is 2. The van der Waals surface area contributed by atoms with Crippen LogP contribution in [0.4, 0.5) is 18.9 Å². The van der Waals surface area contributed by atoms with Crippen molar-refractivity contribution < 1.29 is 27.5 Å². The molecular weight excluding hydrogens is 397 g/mol. The number of hydrogen-bond donors (Lipinski definition) is 1. The summed E-state index contributed by atoms with van der Waals surface area (Å²) in [5, 5.41) is 2.76. The first-order valence-electron chi connectivity index (χ1n) is 9.44. The molecule has 2 atom stereocenters. The van der Waals surface area contributed by atoms with Gasteiger partial charge in [0.25, 0.3) is 5.91 Å². The van der Waals surface area contributed by atoms with E-state index in [-0.39, 0.29) is 30.0 Å².